The summed E-state index contributed by atoms with van der Waals surface area (Å²) in [7, 11) is 0. The third-order valence-electron chi connectivity index (χ3n) is 4.56. The van der Waals surface area contributed by atoms with Gasteiger partial charge in [-0.05, 0) is 37.4 Å². The highest BCUT2D eigenvalue weighted by atomic mass is 32.1. The molecular weight excluding hydrogens is 310 g/mol. The third-order valence-corrected chi connectivity index (χ3v) is 5.48. The van der Waals surface area contributed by atoms with E-state index in [1.807, 2.05) is 17.5 Å². The third kappa shape index (κ3) is 3.41. The number of terminal acetylenes is 1. The number of piperazine rings is 1. The van der Waals surface area contributed by atoms with Gasteiger partial charge in [0.1, 0.15) is 6.04 Å². The molecule has 3 rings (SSSR count). The zero-order valence-electron chi connectivity index (χ0n) is 13.0. The van der Waals surface area contributed by atoms with E-state index in [4.69, 9.17) is 6.42 Å². The van der Waals surface area contributed by atoms with E-state index in [0.717, 1.165) is 30.8 Å². The van der Waals surface area contributed by atoms with Crippen molar-refractivity contribution in [2.75, 3.05) is 32.7 Å². The Kier molecular flexibility index (Phi) is 4.99. The Bertz CT molecular complexity index is 600. The molecule has 6 heteroatoms. The molecule has 5 nitrogen and oxygen atoms in total. The summed E-state index contributed by atoms with van der Waals surface area (Å²) in [5, 5.41) is 4.82. The van der Waals surface area contributed by atoms with Crippen LogP contribution in [0.15, 0.2) is 17.5 Å². The lowest BCUT2D eigenvalue weighted by Crippen LogP contribution is -2.54. The largest absolute Gasteiger partial charge is 0.352 e. The van der Waals surface area contributed by atoms with Gasteiger partial charge in [0.2, 0.25) is 11.8 Å². The monoisotopic (exact) mass is 331 g/mol. The van der Waals surface area contributed by atoms with Gasteiger partial charge in [-0.25, -0.2) is 0 Å². The summed E-state index contributed by atoms with van der Waals surface area (Å²) < 4.78 is 0. The van der Waals surface area contributed by atoms with Gasteiger partial charge in [-0.15, -0.1) is 17.8 Å². The molecule has 1 N–H and O–H groups in total. The van der Waals surface area contributed by atoms with Gasteiger partial charge in [0, 0.05) is 23.9 Å². The molecule has 3 heterocycles. The number of rotatable bonds is 3. The molecule has 2 amide bonds. The van der Waals surface area contributed by atoms with E-state index in [0.29, 0.717) is 19.6 Å². The van der Waals surface area contributed by atoms with Gasteiger partial charge in [-0.1, -0.05) is 12.0 Å². The Morgan fingerprint density at radius 3 is 2.83 bits per heavy atom. The number of hydrogen-bond donors (Lipinski definition) is 1. The molecule has 0 aliphatic carbocycles. The molecule has 0 radical (unpaired) electrons. The standard InChI is InChI=1S/C17H21N3O2S/c1-2-8-19-9-5-13(6-10-19)17(22)20-11-7-18-16(21)15(20)14-4-3-12-23-14/h1,3-4,12-13,15H,5-11H2,(H,18,21). The number of hydrogen-bond acceptors (Lipinski definition) is 4. The number of carbonyl (C=O) groups is 2. The smallest absolute Gasteiger partial charge is 0.248 e. The molecule has 0 spiro atoms. The minimum Gasteiger partial charge on any atom is -0.352 e. The van der Waals surface area contributed by atoms with Crippen LogP contribution in [0.25, 0.3) is 0 Å². The number of nitrogens with zero attached hydrogens (tertiary/aromatic N) is 2. The molecule has 2 aliphatic rings. The first-order valence-corrected chi connectivity index (χ1v) is 8.86. The molecular formula is C17H21N3O2S. The number of amides is 2. The summed E-state index contributed by atoms with van der Waals surface area (Å²) in [6.07, 6.45) is 6.98. The zero-order chi connectivity index (χ0) is 16.2. The maximum Gasteiger partial charge on any atom is 0.248 e. The van der Waals surface area contributed by atoms with E-state index in [9.17, 15) is 9.59 Å². The first kappa shape index (κ1) is 16.0. The van der Waals surface area contributed by atoms with Crippen LogP contribution in [0.4, 0.5) is 0 Å². The topological polar surface area (TPSA) is 52.7 Å². The first-order chi connectivity index (χ1) is 11.2. The predicted molar refractivity (Wildman–Crippen MR) is 89.8 cm³/mol. The zero-order valence-corrected chi connectivity index (χ0v) is 13.8. The molecule has 0 aromatic carbocycles. The van der Waals surface area contributed by atoms with Crippen molar-refractivity contribution in [3.63, 3.8) is 0 Å². The highest BCUT2D eigenvalue weighted by Crippen LogP contribution is 2.30. The normalized spacial score (nSPS) is 23.3. The van der Waals surface area contributed by atoms with Crippen LogP contribution in [0.2, 0.25) is 0 Å². The minimum absolute atomic E-state index is 0.00242. The van der Waals surface area contributed by atoms with Gasteiger partial charge < -0.3 is 10.2 Å². The summed E-state index contributed by atoms with van der Waals surface area (Å²) in [5.41, 5.74) is 0. The molecule has 23 heavy (non-hydrogen) atoms. The summed E-state index contributed by atoms with van der Waals surface area (Å²) >= 11 is 1.52. The molecule has 2 aliphatic heterocycles. The second kappa shape index (κ2) is 7.16. The van der Waals surface area contributed by atoms with E-state index in [-0.39, 0.29) is 17.7 Å². The van der Waals surface area contributed by atoms with Crippen LogP contribution in [0.3, 0.4) is 0 Å². The molecule has 1 aromatic heterocycles. The number of thiophene rings is 1. The molecule has 2 fully saturated rings. The summed E-state index contributed by atoms with van der Waals surface area (Å²) in [6.45, 7) is 3.46. The van der Waals surface area contributed by atoms with Gasteiger partial charge in [-0.3, -0.25) is 14.5 Å². The fraction of sp³-hybridized carbons (Fsp3) is 0.529. The Morgan fingerprint density at radius 1 is 1.39 bits per heavy atom. The lowest BCUT2D eigenvalue weighted by atomic mass is 9.94. The van der Waals surface area contributed by atoms with Crippen LogP contribution in [0, 0.1) is 18.3 Å². The van der Waals surface area contributed by atoms with Crippen LogP contribution in [-0.2, 0) is 9.59 Å². The van der Waals surface area contributed by atoms with E-state index >= 15 is 0 Å². The van der Waals surface area contributed by atoms with Gasteiger partial charge in [-0.2, -0.15) is 0 Å². The lowest BCUT2D eigenvalue weighted by molar-refractivity contribution is -0.147. The fourth-order valence-corrected chi connectivity index (χ4v) is 4.17. The van der Waals surface area contributed by atoms with Crippen LogP contribution in [0.5, 0.6) is 0 Å². The Labute approximate surface area is 140 Å². The average molecular weight is 331 g/mol. The van der Waals surface area contributed by atoms with Crippen LogP contribution in [-0.4, -0.2) is 54.3 Å². The Hall–Kier alpha value is -1.84. The van der Waals surface area contributed by atoms with Crippen molar-refractivity contribution in [2.45, 2.75) is 18.9 Å². The second-order valence-corrected chi connectivity index (χ2v) is 6.97. The lowest BCUT2D eigenvalue weighted by Gasteiger charge is -2.38. The molecule has 1 aromatic rings. The average Bonchev–Trinajstić information content (AvgIpc) is 3.09. The van der Waals surface area contributed by atoms with Crippen molar-refractivity contribution in [3.05, 3.63) is 22.4 Å². The maximum atomic E-state index is 13.0. The van der Waals surface area contributed by atoms with Crippen molar-refractivity contribution in [1.82, 2.24) is 15.1 Å². The van der Waals surface area contributed by atoms with Crippen LogP contribution >= 0.6 is 11.3 Å². The molecule has 122 valence electrons. The number of piperidine rings is 1. The SMILES string of the molecule is C#CCN1CCC(C(=O)N2CCNC(=O)C2c2cccs2)CC1. The van der Waals surface area contributed by atoms with Crippen LogP contribution < -0.4 is 5.32 Å². The highest BCUT2D eigenvalue weighted by Gasteiger charge is 2.38. The molecule has 0 saturated carbocycles. The molecule has 1 atom stereocenters. The van der Waals surface area contributed by atoms with Gasteiger partial charge in [0.05, 0.1) is 6.54 Å². The summed E-state index contributed by atoms with van der Waals surface area (Å²) in [4.78, 5) is 30.2. The number of carbonyl (C=O) groups excluding carboxylic acids is 2. The summed E-state index contributed by atoms with van der Waals surface area (Å²) in [6, 6.07) is 3.37. The van der Waals surface area contributed by atoms with Crippen molar-refractivity contribution < 1.29 is 9.59 Å². The molecule has 2 saturated heterocycles. The molecule has 1 unspecified atom stereocenters. The van der Waals surface area contributed by atoms with Crippen molar-refractivity contribution in [2.24, 2.45) is 5.92 Å². The quantitative estimate of drug-likeness (QED) is 0.844. The fourth-order valence-electron chi connectivity index (χ4n) is 3.34. The van der Waals surface area contributed by atoms with Crippen molar-refractivity contribution >= 4 is 23.2 Å². The minimum atomic E-state index is -0.472. The van der Waals surface area contributed by atoms with E-state index < -0.39 is 6.04 Å². The van der Waals surface area contributed by atoms with Gasteiger partial charge >= 0.3 is 0 Å². The number of likely N-dealkylation sites (tertiary alicyclic amines) is 1. The van der Waals surface area contributed by atoms with Crippen molar-refractivity contribution in [1.29, 1.82) is 0 Å². The Balaban J connectivity index is 1.70. The van der Waals surface area contributed by atoms with Crippen LogP contribution in [0.1, 0.15) is 23.8 Å². The van der Waals surface area contributed by atoms with E-state index in [2.05, 4.69) is 16.1 Å². The maximum absolute atomic E-state index is 13.0. The van der Waals surface area contributed by atoms with Gasteiger partial charge in [0.15, 0.2) is 0 Å². The van der Waals surface area contributed by atoms with E-state index in [1.54, 1.807) is 4.90 Å². The number of nitrogens with one attached hydrogen (secondary N) is 1. The van der Waals surface area contributed by atoms with E-state index in [1.165, 1.54) is 11.3 Å². The first-order valence-electron chi connectivity index (χ1n) is 7.98. The predicted octanol–water partition coefficient (Wildman–Crippen LogP) is 1.09. The second-order valence-electron chi connectivity index (χ2n) is 6.00. The van der Waals surface area contributed by atoms with Gasteiger partial charge in [0.25, 0.3) is 0 Å². The summed E-state index contributed by atoms with van der Waals surface area (Å²) in [5.74, 6) is 2.69. The highest BCUT2D eigenvalue weighted by molar-refractivity contribution is 7.10. The Morgan fingerprint density at radius 2 is 2.17 bits per heavy atom. The molecule has 0 bridgehead atoms. The van der Waals surface area contributed by atoms with Crippen molar-refractivity contribution in [3.8, 4) is 12.3 Å².